The van der Waals surface area contributed by atoms with Crippen molar-refractivity contribution < 1.29 is 19.8 Å². The first-order valence-electron chi connectivity index (χ1n) is 2.67. The summed E-state index contributed by atoms with van der Waals surface area (Å²) >= 11 is 0. The molecule has 11 heavy (non-hydrogen) atoms. The second-order valence-corrected chi connectivity index (χ2v) is 1.80. The Hall–Kier alpha value is -0.320. The molecule has 0 aliphatic carbocycles. The summed E-state index contributed by atoms with van der Waals surface area (Å²) in [5, 5.41) is 16.3. The maximum Gasteiger partial charge on any atom is 0.330 e. The minimum absolute atomic E-state index is 0. The van der Waals surface area contributed by atoms with Crippen molar-refractivity contribution in [3.8, 4) is 0 Å². The van der Waals surface area contributed by atoms with Crippen molar-refractivity contribution in [3.05, 3.63) is 12.2 Å². The summed E-state index contributed by atoms with van der Waals surface area (Å²) in [6, 6.07) is 0. The van der Waals surface area contributed by atoms with Crippen molar-refractivity contribution in [2.75, 3.05) is 0 Å². The number of hydrogen-bond acceptors (Lipinski definition) is 2. The molecule has 0 aromatic heterocycles. The zero-order valence-electron chi connectivity index (χ0n) is 6.33. The van der Waals surface area contributed by atoms with Gasteiger partial charge in [0.1, 0.15) is 0 Å². The van der Waals surface area contributed by atoms with Gasteiger partial charge in [0.25, 0.3) is 0 Å². The van der Waals surface area contributed by atoms with Crippen molar-refractivity contribution in [1.29, 1.82) is 0 Å². The van der Waals surface area contributed by atoms with Gasteiger partial charge in [-0.05, 0) is 6.42 Å². The first-order valence-corrected chi connectivity index (χ1v) is 2.67. The molecular weight excluding hydrogens is 159 g/mol. The van der Waals surface area contributed by atoms with Crippen LogP contribution in [-0.2, 0) is 9.59 Å². The van der Waals surface area contributed by atoms with Gasteiger partial charge in [0.2, 0.25) is 0 Å². The van der Waals surface area contributed by atoms with Crippen LogP contribution in [0.25, 0.3) is 0 Å². The monoisotopic (exact) mass is 167 g/mol. The van der Waals surface area contributed by atoms with E-state index in [1.165, 1.54) is 0 Å². The normalized spacial score (nSPS) is 8.00. The van der Waals surface area contributed by atoms with E-state index in [-0.39, 0.29) is 48.0 Å². The van der Waals surface area contributed by atoms with Crippen LogP contribution in [0.5, 0.6) is 0 Å². The van der Waals surface area contributed by atoms with Crippen molar-refractivity contribution in [3.63, 3.8) is 0 Å². The zero-order valence-corrected chi connectivity index (χ0v) is 8.33. The van der Waals surface area contributed by atoms with Crippen LogP contribution in [-0.4, -0.2) is 51.7 Å². The molecule has 0 fully saturated rings. The smallest absolute Gasteiger partial charge is 0.330 e. The third kappa shape index (κ3) is 7.58. The van der Waals surface area contributed by atoms with Crippen molar-refractivity contribution in [1.82, 2.24) is 0 Å². The number of carboxylic acids is 2. The Morgan fingerprint density at radius 2 is 1.64 bits per heavy atom. The Balaban J connectivity index is 0. The maximum atomic E-state index is 10.0. The molecular formula is C6H8NaO4. The van der Waals surface area contributed by atoms with Gasteiger partial charge < -0.3 is 10.2 Å². The molecule has 0 aromatic carbocycles. The van der Waals surface area contributed by atoms with Gasteiger partial charge in [-0.25, -0.2) is 4.79 Å². The summed E-state index contributed by atoms with van der Waals surface area (Å²) in [7, 11) is 0. The van der Waals surface area contributed by atoms with Crippen molar-refractivity contribution in [2.45, 2.75) is 12.8 Å². The van der Waals surface area contributed by atoms with Crippen LogP contribution < -0.4 is 0 Å². The summed E-state index contributed by atoms with van der Waals surface area (Å²) < 4.78 is 0. The predicted molar refractivity (Wildman–Crippen MR) is 39.4 cm³/mol. The van der Waals surface area contributed by atoms with Gasteiger partial charge in [0.15, 0.2) is 0 Å². The number of hydrogen-bond donors (Lipinski definition) is 2. The van der Waals surface area contributed by atoms with E-state index in [9.17, 15) is 9.59 Å². The van der Waals surface area contributed by atoms with Crippen LogP contribution in [0, 0.1) is 0 Å². The molecule has 0 saturated carbocycles. The average Bonchev–Trinajstić information content (AvgIpc) is 1.82. The van der Waals surface area contributed by atoms with Crippen LogP contribution in [0.15, 0.2) is 12.2 Å². The second kappa shape index (κ2) is 6.39. The fourth-order valence-corrected chi connectivity index (χ4v) is 0.365. The van der Waals surface area contributed by atoms with E-state index in [4.69, 9.17) is 10.2 Å². The first kappa shape index (κ1) is 13.3. The molecule has 0 unspecified atom stereocenters. The van der Waals surface area contributed by atoms with Crippen LogP contribution in [0.3, 0.4) is 0 Å². The fourth-order valence-electron chi connectivity index (χ4n) is 0.365. The average molecular weight is 167 g/mol. The molecule has 0 aliphatic rings. The first-order chi connectivity index (χ1) is 4.54. The molecule has 0 atom stereocenters. The Morgan fingerprint density at radius 3 is 1.91 bits per heavy atom. The summed E-state index contributed by atoms with van der Waals surface area (Å²) in [4.78, 5) is 19.9. The minimum Gasteiger partial charge on any atom is -0.481 e. The third-order valence-corrected chi connectivity index (χ3v) is 0.943. The Labute approximate surface area is 86.2 Å². The van der Waals surface area contributed by atoms with Gasteiger partial charge in [0.05, 0.1) is 0 Å². The van der Waals surface area contributed by atoms with Crippen molar-refractivity contribution in [2.24, 2.45) is 0 Å². The Kier molecular flexibility index (Phi) is 7.72. The molecule has 57 valence electrons. The topological polar surface area (TPSA) is 74.6 Å². The zero-order chi connectivity index (χ0) is 8.15. The standard InChI is InChI=1S/C6H8O4.Na/c1-4(6(9)10)2-3-5(7)8;/h1-3H2,(H,7,8)(H,9,10);. The van der Waals surface area contributed by atoms with E-state index in [0.29, 0.717) is 0 Å². The van der Waals surface area contributed by atoms with Gasteiger partial charge in [0, 0.05) is 41.6 Å². The largest absolute Gasteiger partial charge is 0.481 e. The van der Waals surface area contributed by atoms with Gasteiger partial charge >= 0.3 is 11.9 Å². The Bertz CT molecular complexity index is 175. The van der Waals surface area contributed by atoms with Crippen LogP contribution in [0.2, 0.25) is 0 Å². The molecule has 0 spiro atoms. The molecule has 2 N–H and O–H groups in total. The number of rotatable bonds is 4. The number of carbonyl (C=O) groups is 2. The molecule has 0 aromatic rings. The van der Waals surface area contributed by atoms with Gasteiger partial charge in [-0.15, -0.1) is 0 Å². The summed E-state index contributed by atoms with van der Waals surface area (Å²) in [6.45, 7) is 3.16. The van der Waals surface area contributed by atoms with E-state index in [2.05, 4.69) is 6.58 Å². The van der Waals surface area contributed by atoms with E-state index in [1.807, 2.05) is 0 Å². The molecule has 0 bridgehead atoms. The summed E-state index contributed by atoms with van der Waals surface area (Å²) in [5.41, 5.74) is -0.0672. The van der Waals surface area contributed by atoms with Gasteiger partial charge in [-0.1, -0.05) is 6.58 Å². The predicted octanol–water partition coefficient (Wildman–Crippen LogP) is 0.111. The quantitative estimate of drug-likeness (QED) is 0.460. The second-order valence-electron chi connectivity index (χ2n) is 1.80. The molecule has 5 heteroatoms. The van der Waals surface area contributed by atoms with E-state index in [0.717, 1.165) is 0 Å². The van der Waals surface area contributed by atoms with E-state index < -0.39 is 11.9 Å². The van der Waals surface area contributed by atoms with Crippen LogP contribution in [0.1, 0.15) is 12.8 Å². The SMILES string of the molecule is C=C(CCC(=O)O)C(=O)O.[Na]. The maximum absolute atomic E-state index is 10.0. The van der Waals surface area contributed by atoms with Gasteiger partial charge in [-0.2, -0.15) is 0 Å². The fraction of sp³-hybridized carbons (Fsp3) is 0.333. The number of carboxylic acid groups (broad SMARTS) is 2. The Morgan fingerprint density at radius 1 is 1.18 bits per heavy atom. The third-order valence-electron chi connectivity index (χ3n) is 0.943. The molecule has 0 saturated heterocycles. The molecule has 0 heterocycles. The molecule has 0 aliphatic heterocycles. The minimum atomic E-state index is -1.14. The number of aliphatic carboxylic acids is 2. The molecule has 1 radical (unpaired) electrons. The van der Waals surface area contributed by atoms with Crippen LogP contribution >= 0.6 is 0 Å². The molecule has 0 amide bonds. The van der Waals surface area contributed by atoms with Crippen LogP contribution in [0.4, 0.5) is 0 Å². The van der Waals surface area contributed by atoms with Gasteiger partial charge in [-0.3, -0.25) is 4.79 Å². The molecule has 4 nitrogen and oxygen atoms in total. The van der Waals surface area contributed by atoms with Crippen molar-refractivity contribution >= 4 is 41.5 Å². The van der Waals surface area contributed by atoms with E-state index >= 15 is 0 Å². The summed E-state index contributed by atoms with van der Waals surface area (Å²) in [5.74, 6) is -2.15. The van der Waals surface area contributed by atoms with E-state index in [1.54, 1.807) is 0 Å². The summed E-state index contributed by atoms with van der Waals surface area (Å²) in [6.07, 6.45) is -0.171. The molecule has 0 rings (SSSR count).